The number of Topliss-reactive ketones (excluding diaryl/α,β-unsaturated/α-hetero) is 1. The average Bonchev–Trinajstić information content (AvgIpc) is 2.95. The summed E-state index contributed by atoms with van der Waals surface area (Å²) >= 11 is 0. The fraction of sp³-hybridized carbons (Fsp3) is 0.969. The third-order valence-corrected chi connectivity index (χ3v) is 11.6. The molecule has 5 aliphatic rings. The fourth-order valence-corrected chi connectivity index (χ4v) is 9.41. The van der Waals surface area contributed by atoms with Crippen LogP contribution in [0.25, 0.3) is 0 Å². The second-order valence-electron chi connectivity index (χ2n) is 13.5. The van der Waals surface area contributed by atoms with E-state index in [0.29, 0.717) is 29.8 Å². The zero-order valence-electron chi connectivity index (χ0n) is 23.3. The predicted molar refractivity (Wildman–Crippen MR) is 143 cm³/mol. The van der Waals surface area contributed by atoms with E-state index < -0.39 is 17.0 Å². The number of hydrogen-bond acceptors (Lipinski definition) is 3. The molecule has 5 aliphatic carbocycles. The number of halogens is 1. The molecule has 0 aromatic rings. The lowest BCUT2D eigenvalue weighted by Gasteiger charge is -2.62. The summed E-state index contributed by atoms with van der Waals surface area (Å²) in [6.45, 7) is 6.13. The van der Waals surface area contributed by atoms with Gasteiger partial charge < -0.3 is 9.47 Å². The van der Waals surface area contributed by atoms with Crippen molar-refractivity contribution in [3.63, 3.8) is 0 Å². The SMILES string of the molecule is CCCO[C@H]1CC[C@H](C2CCC3(CC2)C(=O)C2(CCC([C@H]4CC[C@H](OCCC)CC4)CC2)C3F)CC1. The topological polar surface area (TPSA) is 35.5 Å². The van der Waals surface area contributed by atoms with Crippen molar-refractivity contribution in [2.75, 3.05) is 13.2 Å². The summed E-state index contributed by atoms with van der Waals surface area (Å²) < 4.78 is 28.0. The second-order valence-corrected chi connectivity index (χ2v) is 13.5. The Bertz CT molecular complexity index is 647. The molecule has 0 aromatic heterocycles. The molecule has 0 unspecified atom stereocenters. The molecule has 5 fully saturated rings. The Hall–Kier alpha value is -0.480. The van der Waals surface area contributed by atoms with E-state index >= 15 is 4.39 Å². The molecule has 0 atom stereocenters. The molecular formula is C32H53FO3. The Kier molecular flexibility index (Phi) is 8.83. The molecular weight excluding hydrogens is 451 g/mol. The number of carbonyl (C=O) groups excluding carboxylic acids is 1. The molecule has 0 heterocycles. The van der Waals surface area contributed by atoms with Crippen molar-refractivity contribution in [1.29, 1.82) is 0 Å². The Balaban J connectivity index is 1.07. The number of ether oxygens (including phenoxy) is 2. The van der Waals surface area contributed by atoms with Crippen LogP contribution >= 0.6 is 0 Å². The van der Waals surface area contributed by atoms with Crippen LogP contribution < -0.4 is 0 Å². The van der Waals surface area contributed by atoms with Crippen molar-refractivity contribution in [2.45, 2.75) is 148 Å². The van der Waals surface area contributed by atoms with Crippen LogP contribution in [0.3, 0.4) is 0 Å². The summed E-state index contributed by atoms with van der Waals surface area (Å²) in [6, 6.07) is 0. The third kappa shape index (κ3) is 5.08. The summed E-state index contributed by atoms with van der Waals surface area (Å²) in [7, 11) is 0. The molecule has 36 heavy (non-hydrogen) atoms. The number of carbonyl (C=O) groups is 1. The van der Waals surface area contributed by atoms with Gasteiger partial charge in [0.05, 0.1) is 23.0 Å². The van der Waals surface area contributed by atoms with Crippen LogP contribution in [0, 0.1) is 34.5 Å². The molecule has 0 aliphatic heterocycles. The summed E-state index contributed by atoms with van der Waals surface area (Å²) in [5.74, 6) is 3.28. The monoisotopic (exact) mass is 504 g/mol. The van der Waals surface area contributed by atoms with Crippen LogP contribution in [0.2, 0.25) is 0 Å². The van der Waals surface area contributed by atoms with Crippen molar-refractivity contribution < 1.29 is 18.7 Å². The largest absolute Gasteiger partial charge is 0.378 e. The van der Waals surface area contributed by atoms with Gasteiger partial charge in [-0.05, 0) is 139 Å². The Morgan fingerprint density at radius 3 is 1.25 bits per heavy atom. The first-order valence-electron chi connectivity index (χ1n) is 15.9. The zero-order chi connectivity index (χ0) is 25.2. The number of alkyl halides is 1. The normalized spacial score (nSPS) is 45.6. The molecule has 0 aromatic carbocycles. The Morgan fingerprint density at radius 1 is 0.611 bits per heavy atom. The molecule has 0 radical (unpaired) electrons. The molecule has 5 saturated carbocycles. The van der Waals surface area contributed by atoms with E-state index in [0.717, 1.165) is 89.3 Å². The summed E-state index contributed by atoms with van der Waals surface area (Å²) in [5, 5.41) is 0. The van der Waals surface area contributed by atoms with Gasteiger partial charge in [0.1, 0.15) is 6.17 Å². The van der Waals surface area contributed by atoms with Gasteiger partial charge in [0.25, 0.3) is 0 Å². The first-order valence-corrected chi connectivity index (χ1v) is 15.9. The van der Waals surface area contributed by atoms with Crippen molar-refractivity contribution >= 4 is 5.78 Å². The highest BCUT2D eigenvalue weighted by molar-refractivity contribution is 5.98. The number of rotatable bonds is 8. The molecule has 4 heteroatoms. The van der Waals surface area contributed by atoms with Gasteiger partial charge in [-0.1, -0.05) is 13.8 Å². The highest BCUT2D eigenvalue weighted by Crippen LogP contribution is 2.66. The van der Waals surface area contributed by atoms with Crippen molar-refractivity contribution in [1.82, 2.24) is 0 Å². The molecule has 0 amide bonds. The minimum Gasteiger partial charge on any atom is -0.378 e. The highest BCUT2D eigenvalue weighted by atomic mass is 19.1. The smallest absolute Gasteiger partial charge is 0.151 e. The third-order valence-electron chi connectivity index (χ3n) is 11.6. The minimum atomic E-state index is -0.879. The van der Waals surface area contributed by atoms with Crippen LogP contribution in [0.1, 0.15) is 129 Å². The fourth-order valence-electron chi connectivity index (χ4n) is 9.41. The minimum absolute atomic E-state index is 0.341. The Morgan fingerprint density at radius 2 is 0.944 bits per heavy atom. The van der Waals surface area contributed by atoms with E-state index in [1.807, 2.05) is 0 Å². The van der Waals surface area contributed by atoms with Crippen LogP contribution in [-0.4, -0.2) is 37.4 Å². The van der Waals surface area contributed by atoms with Crippen molar-refractivity contribution in [3.8, 4) is 0 Å². The van der Waals surface area contributed by atoms with E-state index in [1.165, 1.54) is 51.4 Å². The predicted octanol–water partition coefficient (Wildman–Crippen LogP) is 8.23. The maximum Gasteiger partial charge on any atom is 0.151 e. The lowest BCUT2D eigenvalue weighted by atomic mass is 9.41. The van der Waals surface area contributed by atoms with Gasteiger partial charge in [-0.15, -0.1) is 0 Å². The van der Waals surface area contributed by atoms with Crippen LogP contribution in [0.4, 0.5) is 4.39 Å². The van der Waals surface area contributed by atoms with Gasteiger partial charge in [-0.2, -0.15) is 0 Å². The first kappa shape index (κ1) is 27.1. The van der Waals surface area contributed by atoms with E-state index in [2.05, 4.69) is 13.8 Å². The maximum absolute atomic E-state index is 16.1. The molecule has 206 valence electrons. The molecule has 0 saturated heterocycles. The van der Waals surface area contributed by atoms with Crippen LogP contribution in [-0.2, 0) is 14.3 Å². The van der Waals surface area contributed by atoms with Crippen molar-refractivity contribution in [3.05, 3.63) is 0 Å². The van der Waals surface area contributed by atoms with E-state index in [-0.39, 0.29) is 0 Å². The zero-order valence-corrected chi connectivity index (χ0v) is 23.3. The van der Waals surface area contributed by atoms with Gasteiger partial charge >= 0.3 is 0 Å². The van der Waals surface area contributed by atoms with Gasteiger partial charge in [0.2, 0.25) is 0 Å². The molecule has 2 spiro atoms. The quantitative estimate of drug-likeness (QED) is 0.334. The Labute approximate surface area is 220 Å². The van der Waals surface area contributed by atoms with Crippen molar-refractivity contribution in [2.24, 2.45) is 34.5 Å². The van der Waals surface area contributed by atoms with Gasteiger partial charge in [-0.25, -0.2) is 4.39 Å². The molecule has 0 N–H and O–H groups in total. The number of hydrogen-bond donors (Lipinski definition) is 0. The molecule has 5 rings (SSSR count). The summed E-state index contributed by atoms with van der Waals surface area (Å²) in [6.07, 6.45) is 19.6. The second kappa shape index (κ2) is 11.7. The molecule has 3 nitrogen and oxygen atoms in total. The lowest BCUT2D eigenvalue weighted by molar-refractivity contribution is -0.195. The van der Waals surface area contributed by atoms with Gasteiger partial charge in [-0.3, -0.25) is 4.79 Å². The van der Waals surface area contributed by atoms with Crippen LogP contribution in [0.5, 0.6) is 0 Å². The van der Waals surface area contributed by atoms with E-state index in [9.17, 15) is 4.79 Å². The molecule has 0 bridgehead atoms. The average molecular weight is 505 g/mol. The maximum atomic E-state index is 16.1. The summed E-state index contributed by atoms with van der Waals surface area (Å²) in [4.78, 5) is 13.7. The highest BCUT2D eigenvalue weighted by Gasteiger charge is 2.71. The lowest BCUT2D eigenvalue weighted by Crippen LogP contribution is -2.69. The van der Waals surface area contributed by atoms with E-state index in [4.69, 9.17) is 9.47 Å². The first-order chi connectivity index (χ1) is 17.5. The number of ketones is 1. The summed E-state index contributed by atoms with van der Waals surface area (Å²) in [5.41, 5.74) is -1.22. The standard InChI is InChI=1S/C32H53FO3/c1-3-21-35-27-9-5-23(6-10-27)25-13-17-31(18-14-25)29(33)32(30(31)34)19-15-26(16-20-32)24-7-11-28(12-8-24)36-22-4-2/h23-29H,3-22H2,1-2H3/t23-,24-,25?,26?,27-,28-,29?,31?,32?. The van der Waals surface area contributed by atoms with Crippen LogP contribution in [0.15, 0.2) is 0 Å². The van der Waals surface area contributed by atoms with Gasteiger partial charge in [0.15, 0.2) is 5.78 Å². The van der Waals surface area contributed by atoms with E-state index in [1.54, 1.807) is 0 Å². The van der Waals surface area contributed by atoms with Gasteiger partial charge in [0, 0.05) is 13.2 Å².